The Morgan fingerprint density at radius 1 is 1.33 bits per heavy atom. The number of nitrogens with one attached hydrogen (secondary N) is 1. The molecule has 2 aromatic rings. The van der Waals surface area contributed by atoms with Crippen LogP contribution in [0.25, 0.3) is 11.0 Å². The van der Waals surface area contributed by atoms with Crippen LogP contribution in [-0.2, 0) is 11.3 Å². The number of furan rings is 1. The number of hydrogen-bond donors (Lipinski definition) is 2. The van der Waals surface area contributed by atoms with E-state index in [4.69, 9.17) is 9.15 Å². The molecule has 2 aliphatic rings. The normalized spacial score (nSPS) is 27.5. The highest BCUT2D eigenvalue weighted by Crippen LogP contribution is 2.35. The van der Waals surface area contributed by atoms with Gasteiger partial charge >= 0.3 is 5.97 Å². The van der Waals surface area contributed by atoms with Gasteiger partial charge in [0.2, 0.25) is 5.76 Å². The molecule has 0 radical (unpaired) electrons. The van der Waals surface area contributed by atoms with Gasteiger partial charge in [-0.1, -0.05) is 18.2 Å². The van der Waals surface area contributed by atoms with Gasteiger partial charge in [0.15, 0.2) is 0 Å². The van der Waals surface area contributed by atoms with E-state index in [0.29, 0.717) is 24.3 Å². The Balaban J connectivity index is 1.60. The SMILES string of the molecule is O=C(O)c1oc2ccccc2c1CNC1CC2CCC1O2. The van der Waals surface area contributed by atoms with Crippen LogP contribution >= 0.6 is 0 Å². The Hall–Kier alpha value is -1.85. The number of hydrogen-bond acceptors (Lipinski definition) is 4. The molecule has 3 heterocycles. The van der Waals surface area contributed by atoms with Gasteiger partial charge in [0.05, 0.1) is 12.2 Å². The van der Waals surface area contributed by atoms with Crippen LogP contribution in [-0.4, -0.2) is 29.3 Å². The van der Waals surface area contributed by atoms with E-state index in [1.165, 1.54) is 0 Å². The maximum atomic E-state index is 11.4. The van der Waals surface area contributed by atoms with Crippen LogP contribution in [0.3, 0.4) is 0 Å². The minimum Gasteiger partial charge on any atom is -0.475 e. The maximum Gasteiger partial charge on any atom is 0.372 e. The van der Waals surface area contributed by atoms with Crippen molar-refractivity contribution in [1.29, 1.82) is 0 Å². The second-order valence-corrected chi connectivity index (χ2v) is 5.81. The fraction of sp³-hybridized carbons (Fsp3) is 0.438. The second kappa shape index (κ2) is 4.86. The maximum absolute atomic E-state index is 11.4. The van der Waals surface area contributed by atoms with Crippen LogP contribution in [0.4, 0.5) is 0 Å². The van der Waals surface area contributed by atoms with Gasteiger partial charge in [-0.15, -0.1) is 0 Å². The molecule has 3 atom stereocenters. The molecule has 1 aromatic carbocycles. The third-order valence-electron chi connectivity index (χ3n) is 4.54. The highest BCUT2D eigenvalue weighted by Gasteiger charge is 2.40. The predicted octanol–water partition coefficient (Wildman–Crippen LogP) is 2.54. The van der Waals surface area contributed by atoms with E-state index in [9.17, 15) is 9.90 Å². The van der Waals surface area contributed by atoms with E-state index in [1.807, 2.05) is 18.2 Å². The first kappa shape index (κ1) is 12.9. The highest BCUT2D eigenvalue weighted by molar-refractivity contribution is 5.95. The first-order valence-electron chi connectivity index (χ1n) is 7.35. The van der Waals surface area contributed by atoms with Crippen LogP contribution in [0.5, 0.6) is 0 Å². The molecule has 0 spiro atoms. The zero-order valence-electron chi connectivity index (χ0n) is 11.5. The molecule has 0 amide bonds. The minimum absolute atomic E-state index is 0.0350. The molecule has 110 valence electrons. The van der Waals surface area contributed by atoms with Gasteiger partial charge in [-0.25, -0.2) is 4.79 Å². The number of benzene rings is 1. The Labute approximate surface area is 121 Å². The first-order valence-corrected chi connectivity index (χ1v) is 7.35. The lowest BCUT2D eigenvalue weighted by Crippen LogP contribution is -2.37. The van der Waals surface area contributed by atoms with Crippen molar-refractivity contribution in [3.05, 3.63) is 35.6 Å². The van der Waals surface area contributed by atoms with Crippen LogP contribution in [0.15, 0.2) is 28.7 Å². The van der Waals surface area contributed by atoms with Crippen LogP contribution in [0, 0.1) is 0 Å². The third kappa shape index (κ3) is 2.13. The van der Waals surface area contributed by atoms with Gasteiger partial charge in [0, 0.05) is 23.5 Å². The summed E-state index contributed by atoms with van der Waals surface area (Å²) >= 11 is 0. The van der Waals surface area contributed by atoms with Crippen molar-refractivity contribution in [2.45, 2.75) is 44.1 Å². The molecule has 4 rings (SSSR count). The molecular weight excluding hydrogens is 270 g/mol. The Bertz CT molecular complexity index is 693. The molecule has 2 fully saturated rings. The first-order chi connectivity index (χ1) is 10.2. The molecule has 2 bridgehead atoms. The molecule has 2 N–H and O–H groups in total. The van der Waals surface area contributed by atoms with Crippen molar-refractivity contribution in [3.8, 4) is 0 Å². The molecule has 0 saturated carbocycles. The molecule has 3 unspecified atom stereocenters. The summed E-state index contributed by atoms with van der Waals surface area (Å²) < 4.78 is 11.3. The summed E-state index contributed by atoms with van der Waals surface area (Å²) in [6.45, 7) is 0.496. The summed E-state index contributed by atoms with van der Waals surface area (Å²) in [4.78, 5) is 11.4. The van der Waals surface area contributed by atoms with Crippen LogP contribution in [0.1, 0.15) is 35.4 Å². The largest absolute Gasteiger partial charge is 0.475 e. The summed E-state index contributed by atoms with van der Waals surface area (Å²) in [7, 11) is 0. The number of fused-ring (bicyclic) bond motifs is 3. The van der Waals surface area contributed by atoms with Gasteiger partial charge in [0.1, 0.15) is 5.58 Å². The van der Waals surface area contributed by atoms with E-state index in [-0.39, 0.29) is 11.9 Å². The van der Waals surface area contributed by atoms with Crippen molar-refractivity contribution in [1.82, 2.24) is 5.32 Å². The Morgan fingerprint density at radius 2 is 2.19 bits per heavy atom. The fourth-order valence-corrected chi connectivity index (χ4v) is 3.53. The van der Waals surface area contributed by atoms with Gasteiger partial charge in [-0.2, -0.15) is 0 Å². The fourth-order valence-electron chi connectivity index (χ4n) is 3.53. The standard InChI is InChI=1S/C16H17NO4/c18-16(19)15-11(10-3-1-2-4-13(10)21-15)8-17-12-7-9-5-6-14(12)20-9/h1-4,9,12,14,17H,5-8H2,(H,18,19). The quantitative estimate of drug-likeness (QED) is 0.904. The Morgan fingerprint density at radius 3 is 2.90 bits per heavy atom. The van der Waals surface area contributed by atoms with Gasteiger partial charge < -0.3 is 19.6 Å². The molecule has 5 heteroatoms. The number of rotatable bonds is 4. The topological polar surface area (TPSA) is 71.7 Å². The smallest absolute Gasteiger partial charge is 0.372 e. The lowest BCUT2D eigenvalue weighted by atomic mass is 9.95. The number of carboxylic acid groups (broad SMARTS) is 1. The lowest BCUT2D eigenvalue weighted by molar-refractivity contribution is 0.0663. The summed E-state index contributed by atoms with van der Waals surface area (Å²) in [6.07, 6.45) is 3.93. The van der Waals surface area contributed by atoms with Crippen molar-refractivity contribution < 1.29 is 19.1 Å². The van der Waals surface area contributed by atoms with Crippen molar-refractivity contribution in [3.63, 3.8) is 0 Å². The van der Waals surface area contributed by atoms with Crippen molar-refractivity contribution in [2.75, 3.05) is 0 Å². The average molecular weight is 287 g/mol. The molecular formula is C16H17NO4. The summed E-state index contributed by atoms with van der Waals surface area (Å²) in [5, 5.41) is 13.6. The van der Waals surface area contributed by atoms with E-state index in [1.54, 1.807) is 6.07 Å². The number of aromatic carboxylic acids is 1. The molecule has 1 aromatic heterocycles. The van der Waals surface area contributed by atoms with E-state index < -0.39 is 5.97 Å². The zero-order chi connectivity index (χ0) is 14.4. The van der Waals surface area contributed by atoms with Crippen LogP contribution < -0.4 is 5.32 Å². The summed E-state index contributed by atoms with van der Waals surface area (Å²) in [6, 6.07) is 7.76. The van der Waals surface area contributed by atoms with E-state index in [0.717, 1.165) is 30.2 Å². The number of carboxylic acids is 1. The third-order valence-corrected chi connectivity index (χ3v) is 4.54. The molecule has 2 aliphatic heterocycles. The monoisotopic (exact) mass is 287 g/mol. The molecule has 0 aliphatic carbocycles. The van der Waals surface area contributed by atoms with Gasteiger partial charge in [0.25, 0.3) is 0 Å². The minimum atomic E-state index is -1.02. The van der Waals surface area contributed by atoms with Gasteiger partial charge in [-0.05, 0) is 25.3 Å². The Kier molecular flexibility index (Phi) is 2.97. The van der Waals surface area contributed by atoms with Crippen molar-refractivity contribution in [2.24, 2.45) is 0 Å². The molecule has 21 heavy (non-hydrogen) atoms. The van der Waals surface area contributed by atoms with Crippen molar-refractivity contribution >= 4 is 16.9 Å². The highest BCUT2D eigenvalue weighted by atomic mass is 16.5. The summed E-state index contributed by atoms with van der Waals surface area (Å²) in [5.74, 6) is -0.986. The molecule has 5 nitrogen and oxygen atoms in total. The predicted molar refractivity (Wildman–Crippen MR) is 76.3 cm³/mol. The van der Waals surface area contributed by atoms with E-state index in [2.05, 4.69) is 5.32 Å². The lowest BCUT2D eigenvalue weighted by Gasteiger charge is -2.19. The summed E-state index contributed by atoms with van der Waals surface area (Å²) in [5.41, 5.74) is 1.34. The van der Waals surface area contributed by atoms with Crippen LogP contribution in [0.2, 0.25) is 0 Å². The van der Waals surface area contributed by atoms with E-state index >= 15 is 0 Å². The molecule has 2 saturated heterocycles. The second-order valence-electron chi connectivity index (χ2n) is 5.81. The number of ether oxygens (including phenoxy) is 1. The zero-order valence-corrected chi connectivity index (χ0v) is 11.5. The van der Waals surface area contributed by atoms with Gasteiger partial charge in [-0.3, -0.25) is 0 Å². The number of carbonyl (C=O) groups is 1. The average Bonchev–Trinajstić information content (AvgIpc) is 3.18. The number of para-hydroxylation sites is 1.